The van der Waals surface area contributed by atoms with Crippen LogP contribution in [-0.2, 0) is 14.2 Å². The molecule has 4 nitrogen and oxygen atoms in total. The van der Waals surface area contributed by atoms with Crippen LogP contribution < -0.4 is 0 Å². The third-order valence-corrected chi connectivity index (χ3v) is 6.15. The average Bonchev–Trinajstić information content (AvgIpc) is 2.93. The number of allylic oxidation sites excluding steroid dienone is 2. The molecule has 0 amide bonds. The first-order chi connectivity index (χ1) is 11.9. The van der Waals surface area contributed by atoms with E-state index in [4.69, 9.17) is 14.2 Å². The molecule has 3 aliphatic rings. The van der Waals surface area contributed by atoms with Crippen LogP contribution in [0.1, 0.15) is 78.6 Å². The van der Waals surface area contributed by atoms with Gasteiger partial charge < -0.3 is 19.3 Å². The van der Waals surface area contributed by atoms with E-state index >= 15 is 0 Å². The van der Waals surface area contributed by atoms with Crippen LogP contribution in [0.3, 0.4) is 0 Å². The molecule has 0 unspecified atom stereocenters. The summed E-state index contributed by atoms with van der Waals surface area (Å²) >= 11 is 0. The van der Waals surface area contributed by atoms with E-state index in [0.29, 0.717) is 0 Å². The van der Waals surface area contributed by atoms with E-state index in [9.17, 15) is 5.11 Å². The molecule has 3 rings (SSSR count). The van der Waals surface area contributed by atoms with E-state index in [1.54, 1.807) is 0 Å². The molecular formula is C21H34O4. The number of aliphatic hydroxyl groups excluding tert-OH is 1. The van der Waals surface area contributed by atoms with Crippen LogP contribution in [0.15, 0.2) is 23.8 Å². The number of ether oxygens (including phenoxy) is 3. The molecular weight excluding hydrogens is 316 g/mol. The molecule has 2 fully saturated rings. The van der Waals surface area contributed by atoms with Gasteiger partial charge in [0.2, 0.25) is 0 Å². The van der Waals surface area contributed by atoms with Crippen molar-refractivity contribution in [2.24, 2.45) is 0 Å². The fraction of sp³-hybridized carbons (Fsp3) is 0.810. The zero-order valence-electron chi connectivity index (χ0n) is 16.1. The molecule has 0 aromatic carbocycles. The quantitative estimate of drug-likeness (QED) is 0.735. The normalized spacial score (nSPS) is 40.1. The predicted molar refractivity (Wildman–Crippen MR) is 98.1 cm³/mol. The van der Waals surface area contributed by atoms with Crippen molar-refractivity contribution in [1.29, 1.82) is 0 Å². The van der Waals surface area contributed by atoms with Crippen LogP contribution in [0.25, 0.3) is 0 Å². The van der Waals surface area contributed by atoms with Crippen LogP contribution in [0.2, 0.25) is 0 Å². The van der Waals surface area contributed by atoms with Crippen molar-refractivity contribution in [1.82, 2.24) is 0 Å². The fourth-order valence-electron chi connectivity index (χ4n) is 4.38. The number of hydrogen-bond donors (Lipinski definition) is 1. The highest BCUT2D eigenvalue weighted by atomic mass is 16.8. The largest absolute Gasteiger partial charge is 0.390 e. The van der Waals surface area contributed by atoms with Gasteiger partial charge in [-0.2, -0.15) is 0 Å². The molecule has 0 aliphatic carbocycles. The van der Waals surface area contributed by atoms with Gasteiger partial charge in [-0.1, -0.05) is 24.6 Å². The van der Waals surface area contributed by atoms with E-state index in [2.05, 4.69) is 32.1 Å². The molecule has 3 heterocycles. The van der Waals surface area contributed by atoms with E-state index in [0.717, 1.165) is 64.4 Å². The second kappa shape index (κ2) is 7.51. The molecule has 2 spiro atoms. The van der Waals surface area contributed by atoms with Crippen LogP contribution >= 0.6 is 0 Å². The van der Waals surface area contributed by atoms with E-state index in [-0.39, 0.29) is 0 Å². The van der Waals surface area contributed by atoms with Gasteiger partial charge in [0, 0.05) is 19.3 Å². The van der Waals surface area contributed by atoms with Gasteiger partial charge in [-0.15, -0.1) is 0 Å². The maximum Gasteiger partial charge on any atom is 0.191 e. The molecule has 0 radical (unpaired) electrons. The highest BCUT2D eigenvalue weighted by Gasteiger charge is 2.55. The summed E-state index contributed by atoms with van der Waals surface area (Å²) in [6.07, 6.45) is 14.0. The van der Waals surface area contributed by atoms with Crippen molar-refractivity contribution in [3.63, 3.8) is 0 Å². The van der Waals surface area contributed by atoms with Crippen molar-refractivity contribution in [3.8, 4) is 0 Å². The molecule has 142 valence electrons. The maximum atomic E-state index is 10.8. The smallest absolute Gasteiger partial charge is 0.191 e. The van der Waals surface area contributed by atoms with Crippen molar-refractivity contribution < 1.29 is 19.3 Å². The Morgan fingerprint density at radius 2 is 2.08 bits per heavy atom. The summed E-state index contributed by atoms with van der Waals surface area (Å²) in [4.78, 5) is 0. The monoisotopic (exact) mass is 350 g/mol. The van der Waals surface area contributed by atoms with E-state index in [1.807, 2.05) is 6.92 Å². The van der Waals surface area contributed by atoms with Crippen LogP contribution in [-0.4, -0.2) is 35.0 Å². The van der Waals surface area contributed by atoms with Crippen molar-refractivity contribution in [2.75, 3.05) is 6.61 Å². The number of hydrogen-bond acceptors (Lipinski definition) is 4. The SMILES string of the molecule is C/C=C(\CC)CC[C@H](O)[C@]1(C)CC[C@]2(CC=C[C@]3(CCCCO3)O2)O1. The van der Waals surface area contributed by atoms with Crippen molar-refractivity contribution in [3.05, 3.63) is 23.8 Å². The predicted octanol–water partition coefficient (Wildman–Crippen LogP) is 4.62. The van der Waals surface area contributed by atoms with Gasteiger partial charge in [0.25, 0.3) is 0 Å². The van der Waals surface area contributed by atoms with Gasteiger partial charge in [0.1, 0.15) is 0 Å². The summed E-state index contributed by atoms with van der Waals surface area (Å²) in [6, 6.07) is 0. The lowest BCUT2D eigenvalue weighted by atomic mass is 9.90. The molecule has 2 saturated heterocycles. The molecule has 4 atom stereocenters. The van der Waals surface area contributed by atoms with Crippen molar-refractivity contribution >= 4 is 0 Å². The molecule has 0 bridgehead atoms. The zero-order valence-corrected chi connectivity index (χ0v) is 16.1. The minimum absolute atomic E-state index is 0.480. The summed E-state index contributed by atoms with van der Waals surface area (Å²) in [7, 11) is 0. The second-order valence-corrected chi connectivity index (χ2v) is 8.01. The number of aliphatic hydroxyl groups is 1. The van der Waals surface area contributed by atoms with Gasteiger partial charge in [-0.05, 0) is 58.4 Å². The fourth-order valence-corrected chi connectivity index (χ4v) is 4.38. The first-order valence-corrected chi connectivity index (χ1v) is 9.99. The molecule has 25 heavy (non-hydrogen) atoms. The van der Waals surface area contributed by atoms with Gasteiger partial charge in [-0.25, -0.2) is 0 Å². The van der Waals surface area contributed by atoms with Gasteiger partial charge in [0.15, 0.2) is 11.6 Å². The van der Waals surface area contributed by atoms with Crippen LogP contribution in [0.5, 0.6) is 0 Å². The van der Waals surface area contributed by atoms with Crippen LogP contribution in [0, 0.1) is 0 Å². The van der Waals surface area contributed by atoms with Gasteiger partial charge in [0.05, 0.1) is 18.3 Å². The summed E-state index contributed by atoms with van der Waals surface area (Å²) in [5.74, 6) is -1.26. The molecule has 0 aromatic rings. The Morgan fingerprint density at radius 3 is 2.76 bits per heavy atom. The maximum absolute atomic E-state index is 10.8. The average molecular weight is 350 g/mol. The summed E-state index contributed by atoms with van der Waals surface area (Å²) in [5, 5.41) is 10.8. The standard InChI is InChI=1S/C21H34O4/c1-4-17(5-2)9-10-18(22)19(3)14-15-21(24-19)13-8-12-20(25-21)11-6-7-16-23-20/h4,8,12,18,22H,5-7,9-11,13-16H2,1-3H3/b17-4+/t18-,19-,20-,21+/m0/s1. The molecule has 3 aliphatic heterocycles. The lowest BCUT2D eigenvalue weighted by molar-refractivity contribution is -0.361. The number of rotatable bonds is 5. The van der Waals surface area contributed by atoms with E-state index < -0.39 is 23.3 Å². The van der Waals surface area contributed by atoms with E-state index in [1.165, 1.54) is 5.57 Å². The zero-order chi connectivity index (χ0) is 18.0. The third kappa shape index (κ3) is 4.02. The van der Waals surface area contributed by atoms with Gasteiger partial charge in [-0.3, -0.25) is 0 Å². The topological polar surface area (TPSA) is 47.9 Å². The minimum Gasteiger partial charge on any atom is -0.390 e. The Bertz CT molecular complexity index is 520. The first kappa shape index (κ1) is 19.1. The highest BCUT2D eigenvalue weighted by Crippen LogP contribution is 2.49. The third-order valence-electron chi connectivity index (χ3n) is 6.15. The Labute approximate surface area is 152 Å². The summed E-state index contributed by atoms with van der Waals surface area (Å²) in [6.45, 7) is 7.00. The molecule has 0 aromatic heterocycles. The van der Waals surface area contributed by atoms with Crippen LogP contribution in [0.4, 0.5) is 0 Å². The Hall–Kier alpha value is -0.680. The van der Waals surface area contributed by atoms with Crippen molar-refractivity contribution in [2.45, 2.75) is 102 Å². The summed E-state index contributed by atoms with van der Waals surface area (Å²) < 4.78 is 18.8. The lowest BCUT2D eigenvalue weighted by Gasteiger charge is -2.45. The Balaban J connectivity index is 1.64. The summed E-state index contributed by atoms with van der Waals surface area (Å²) in [5.41, 5.74) is 0.843. The minimum atomic E-state index is -0.643. The highest BCUT2D eigenvalue weighted by molar-refractivity contribution is 5.09. The first-order valence-electron chi connectivity index (χ1n) is 9.99. The van der Waals surface area contributed by atoms with Gasteiger partial charge >= 0.3 is 0 Å². The molecule has 4 heteroatoms. The second-order valence-electron chi connectivity index (χ2n) is 8.01. The Morgan fingerprint density at radius 1 is 1.24 bits per heavy atom. The molecule has 1 N–H and O–H groups in total. The Kier molecular flexibility index (Phi) is 5.74. The lowest BCUT2D eigenvalue weighted by Crippen LogP contribution is -2.51. The molecule has 0 saturated carbocycles.